The fraction of sp³-hybridized carbons (Fsp3) is 0.154. The van der Waals surface area contributed by atoms with Gasteiger partial charge in [0.25, 0.3) is 0 Å². The number of anilines is 1. The molecule has 0 saturated heterocycles. The van der Waals surface area contributed by atoms with Gasteiger partial charge in [-0.15, -0.1) is 0 Å². The van der Waals surface area contributed by atoms with Crippen LogP contribution in [0.1, 0.15) is 6.92 Å². The molecule has 0 aliphatic heterocycles. The van der Waals surface area contributed by atoms with Crippen LogP contribution in [-0.2, 0) is 4.79 Å². The third kappa shape index (κ3) is 4.25. The lowest BCUT2D eigenvalue weighted by molar-refractivity contribution is -0.114. The summed E-state index contributed by atoms with van der Waals surface area (Å²) < 4.78 is 21.9. The molecule has 4 rings (SSSR count). The SMILES string of the molecule is COc1cc2oc(=O)cc(-c3ccc(-c4ccc(NC(C)=O)cc4)cc3)c2c(OC)c1OC. The van der Waals surface area contributed by atoms with E-state index in [0.29, 0.717) is 33.8 Å². The van der Waals surface area contributed by atoms with E-state index in [0.717, 1.165) is 22.4 Å². The van der Waals surface area contributed by atoms with Gasteiger partial charge in [-0.2, -0.15) is 0 Å². The Bertz CT molecular complexity index is 1370. The van der Waals surface area contributed by atoms with Gasteiger partial charge in [0.15, 0.2) is 11.5 Å². The monoisotopic (exact) mass is 445 g/mol. The van der Waals surface area contributed by atoms with Crippen molar-refractivity contribution >= 4 is 22.6 Å². The highest BCUT2D eigenvalue weighted by Gasteiger charge is 2.21. The number of carbonyl (C=O) groups is 1. The zero-order valence-electron chi connectivity index (χ0n) is 18.7. The summed E-state index contributed by atoms with van der Waals surface area (Å²) in [5.41, 5.74) is 4.06. The maximum atomic E-state index is 12.3. The molecule has 1 amide bonds. The number of hydrogen-bond acceptors (Lipinski definition) is 6. The first-order valence-corrected chi connectivity index (χ1v) is 10.2. The maximum absolute atomic E-state index is 12.3. The van der Waals surface area contributed by atoms with E-state index in [4.69, 9.17) is 18.6 Å². The van der Waals surface area contributed by atoms with E-state index in [1.165, 1.54) is 34.3 Å². The van der Waals surface area contributed by atoms with Gasteiger partial charge in [-0.05, 0) is 28.8 Å². The molecule has 1 aromatic heterocycles. The van der Waals surface area contributed by atoms with E-state index in [1.807, 2.05) is 48.5 Å². The first kappa shape index (κ1) is 22.0. The molecule has 168 valence electrons. The summed E-state index contributed by atoms with van der Waals surface area (Å²) >= 11 is 0. The zero-order valence-corrected chi connectivity index (χ0v) is 18.7. The third-order valence-corrected chi connectivity index (χ3v) is 5.27. The number of amides is 1. The van der Waals surface area contributed by atoms with Crippen LogP contribution in [0.2, 0.25) is 0 Å². The van der Waals surface area contributed by atoms with Crippen molar-refractivity contribution in [3.63, 3.8) is 0 Å². The zero-order chi connectivity index (χ0) is 23.5. The number of carbonyl (C=O) groups excluding carboxylic acids is 1. The summed E-state index contributed by atoms with van der Waals surface area (Å²) in [6.07, 6.45) is 0. The number of fused-ring (bicyclic) bond motifs is 1. The lowest BCUT2D eigenvalue weighted by Crippen LogP contribution is -2.05. The highest BCUT2D eigenvalue weighted by atomic mass is 16.5. The molecule has 33 heavy (non-hydrogen) atoms. The Kier molecular flexibility index (Phi) is 6.04. The van der Waals surface area contributed by atoms with Gasteiger partial charge in [-0.3, -0.25) is 4.79 Å². The molecule has 0 unspecified atom stereocenters. The Morgan fingerprint density at radius 2 is 1.36 bits per heavy atom. The van der Waals surface area contributed by atoms with E-state index < -0.39 is 5.63 Å². The van der Waals surface area contributed by atoms with E-state index in [-0.39, 0.29) is 5.91 Å². The number of methoxy groups -OCH3 is 3. The van der Waals surface area contributed by atoms with E-state index in [2.05, 4.69) is 5.32 Å². The van der Waals surface area contributed by atoms with Crippen molar-refractivity contribution in [2.75, 3.05) is 26.6 Å². The molecular weight excluding hydrogens is 422 g/mol. The molecule has 0 aliphatic carbocycles. The number of rotatable bonds is 6. The quantitative estimate of drug-likeness (QED) is 0.415. The number of hydrogen-bond donors (Lipinski definition) is 1. The van der Waals surface area contributed by atoms with Gasteiger partial charge >= 0.3 is 5.63 Å². The minimum atomic E-state index is -0.482. The van der Waals surface area contributed by atoms with Crippen LogP contribution < -0.4 is 25.2 Å². The molecule has 0 aliphatic rings. The van der Waals surface area contributed by atoms with Gasteiger partial charge in [-0.25, -0.2) is 4.79 Å². The Morgan fingerprint density at radius 3 is 1.91 bits per heavy atom. The standard InChI is InChI=1S/C26H23NO6/c1-15(28)27-19-11-9-17(10-12-19)16-5-7-18(8-6-16)20-13-23(29)33-21-14-22(30-2)25(31-3)26(32-4)24(20)21/h5-14H,1-4H3,(H,27,28). The van der Waals surface area contributed by atoms with Crippen LogP contribution in [0.5, 0.6) is 17.2 Å². The topological polar surface area (TPSA) is 87.0 Å². The minimum Gasteiger partial charge on any atom is -0.493 e. The van der Waals surface area contributed by atoms with Gasteiger partial charge in [0, 0.05) is 30.3 Å². The van der Waals surface area contributed by atoms with Crippen LogP contribution >= 0.6 is 0 Å². The van der Waals surface area contributed by atoms with Gasteiger partial charge in [0.05, 0.1) is 26.7 Å². The molecule has 4 aromatic rings. The molecule has 0 saturated carbocycles. The Morgan fingerprint density at radius 1 is 0.788 bits per heavy atom. The second kappa shape index (κ2) is 9.08. The highest BCUT2D eigenvalue weighted by Crippen LogP contribution is 2.46. The average molecular weight is 445 g/mol. The summed E-state index contributed by atoms with van der Waals surface area (Å²) in [6.45, 7) is 1.47. The van der Waals surface area contributed by atoms with E-state index in [9.17, 15) is 9.59 Å². The first-order valence-electron chi connectivity index (χ1n) is 10.2. The first-order chi connectivity index (χ1) is 15.9. The number of nitrogens with one attached hydrogen (secondary N) is 1. The van der Waals surface area contributed by atoms with Crippen molar-refractivity contribution in [3.8, 4) is 39.5 Å². The molecular formula is C26H23NO6. The number of ether oxygens (including phenoxy) is 3. The number of benzene rings is 3. The summed E-state index contributed by atoms with van der Waals surface area (Å²) in [4.78, 5) is 23.5. The largest absolute Gasteiger partial charge is 0.493 e. The van der Waals surface area contributed by atoms with E-state index >= 15 is 0 Å². The van der Waals surface area contributed by atoms with Crippen molar-refractivity contribution in [1.82, 2.24) is 0 Å². The van der Waals surface area contributed by atoms with E-state index in [1.54, 1.807) is 6.07 Å². The summed E-state index contributed by atoms with van der Waals surface area (Å²) in [7, 11) is 4.56. The second-order valence-electron chi connectivity index (χ2n) is 7.33. The molecule has 0 radical (unpaired) electrons. The predicted octanol–water partition coefficient (Wildman–Crippen LogP) is 5.11. The summed E-state index contributed by atoms with van der Waals surface area (Å²) in [5, 5.41) is 3.37. The van der Waals surface area contributed by atoms with Gasteiger partial charge < -0.3 is 23.9 Å². The van der Waals surface area contributed by atoms with Gasteiger partial charge in [-0.1, -0.05) is 36.4 Å². The van der Waals surface area contributed by atoms with Crippen LogP contribution in [0.15, 0.2) is 69.9 Å². The van der Waals surface area contributed by atoms with Crippen LogP contribution in [0.4, 0.5) is 5.69 Å². The Labute approximate surface area is 190 Å². The summed E-state index contributed by atoms with van der Waals surface area (Å²) in [5.74, 6) is 1.12. The van der Waals surface area contributed by atoms with Crippen molar-refractivity contribution < 1.29 is 23.4 Å². The molecule has 0 fully saturated rings. The normalized spacial score (nSPS) is 10.7. The smallest absolute Gasteiger partial charge is 0.336 e. The predicted molar refractivity (Wildman–Crippen MR) is 127 cm³/mol. The lowest BCUT2D eigenvalue weighted by Gasteiger charge is -2.16. The van der Waals surface area contributed by atoms with Crippen LogP contribution in [-0.4, -0.2) is 27.2 Å². The molecule has 1 N–H and O–H groups in total. The molecule has 0 bridgehead atoms. The Hall–Kier alpha value is -4.26. The molecule has 7 heteroatoms. The molecule has 0 spiro atoms. The van der Waals surface area contributed by atoms with Gasteiger partial charge in [0.2, 0.25) is 11.7 Å². The van der Waals surface area contributed by atoms with Crippen LogP contribution in [0.3, 0.4) is 0 Å². The molecule has 0 atom stereocenters. The van der Waals surface area contributed by atoms with Crippen molar-refractivity contribution in [3.05, 3.63) is 71.1 Å². The van der Waals surface area contributed by atoms with Crippen LogP contribution in [0, 0.1) is 0 Å². The lowest BCUT2D eigenvalue weighted by atomic mass is 9.97. The fourth-order valence-electron chi connectivity index (χ4n) is 3.82. The average Bonchev–Trinajstić information content (AvgIpc) is 2.82. The van der Waals surface area contributed by atoms with Crippen LogP contribution in [0.25, 0.3) is 33.2 Å². The van der Waals surface area contributed by atoms with Crippen molar-refractivity contribution in [2.24, 2.45) is 0 Å². The third-order valence-electron chi connectivity index (χ3n) is 5.27. The molecule has 7 nitrogen and oxygen atoms in total. The van der Waals surface area contributed by atoms with Crippen molar-refractivity contribution in [1.29, 1.82) is 0 Å². The summed E-state index contributed by atoms with van der Waals surface area (Å²) in [6, 6.07) is 18.4. The molecule has 1 heterocycles. The molecule has 3 aromatic carbocycles. The van der Waals surface area contributed by atoms with Gasteiger partial charge in [0.1, 0.15) is 5.58 Å². The minimum absolute atomic E-state index is 0.114. The highest BCUT2D eigenvalue weighted by molar-refractivity contribution is 6.01. The Balaban J connectivity index is 1.81. The van der Waals surface area contributed by atoms with Crippen molar-refractivity contribution in [2.45, 2.75) is 6.92 Å². The second-order valence-corrected chi connectivity index (χ2v) is 7.33. The fourth-order valence-corrected chi connectivity index (χ4v) is 3.82. The maximum Gasteiger partial charge on any atom is 0.336 e.